The van der Waals surface area contributed by atoms with Crippen molar-refractivity contribution in [2.24, 2.45) is 0 Å². The van der Waals surface area contributed by atoms with E-state index in [0.29, 0.717) is 0 Å². The number of rotatable bonds is 4. The first-order valence-corrected chi connectivity index (χ1v) is 15.3. The summed E-state index contributed by atoms with van der Waals surface area (Å²) in [6.45, 7) is 11.6. The highest BCUT2D eigenvalue weighted by Gasteiger charge is 2.56. The summed E-state index contributed by atoms with van der Waals surface area (Å²) >= 11 is 0. The fourth-order valence-corrected chi connectivity index (χ4v) is 8.07. The highest BCUT2D eigenvalue weighted by Crippen LogP contribution is 2.54. The molecule has 0 aromatic heterocycles. The molecule has 1 atom stereocenters. The first kappa shape index (κ1) is 26.8. The predicted octanol–water partition coefficient (Wildman–Crippen LogP) is 8.76. The molecule has 3 heteroatoms. The molecule has 7 rings (SSSR count). The maximum atomic E-state index is 3.94. The Kier molecular flexibility index (Phi) is 6.22. The first-order chi connectivity index (χ1) is 20.3. The third-order valence-electron chi connectivity index (χ3n) is 10.1. The number of hydrogen-bond acceptors (Lipinski definition) is 3. The van der Waals surface area contributed by atoms with Crippen LogP contribution in [-0.2, 0) is 10.8 Å². The van der Waals surface area contributed by atoms with Crippen molar-refractivity contribution in [1.29, 1.82) is 0 Å². The molecule has 1 N–H and O–H groups in total. The number of allylic oxidation sites excluding steroid dienone is 7. The number of anilines is 2. The van der Waals surface area contributed by atoms with Gasteiger partial charge in [-0.3, -0.25) is 5.32 Å². The Hall–Kier alpha value is -4.08. The summed E-state index contributed by atoms with van der Waals surface area (Å²) < 4.78 is 0. The molecule has 3 nitrogen and oxygen atoms in total. The SMILES string of the molecule is CN1/C(=C/C=C/C=C/C=C/C23NCCCN2c2ccc4ccccc4c2C3(C)C)C(C)(C)c2c1ccc1ccccc21. The molecule has 3 aliphatic rings. The zero-order valence-electron chi connectivity index (χ0n) is 25.5. The third-order valence-corrected chi connectivity index (χ3v) is 10.1. The average Bonchev–Trinajstić information content (AvgIpc) is 3.33. The monoisotopic (exact) mass is 551 g/mol. The van der Waals surface area contributed by atoms with Crippen LogP contribution in [0.1, 0.15) is 45.2 Å². The van der Waals surface area contributed by atoms with Gasteiger partial charge >= 0.3 is 0 Å². The second kappa shape index (κ2) is 9.74. The quantitative estimate of drug-likeness (QED) is 0.256. The van der Waals surface area contributed by atoms with Crippen molar-refractivity contribution in [3.63, 3.8) is 0 Å². The first-order valence-electron chi connectivity index (χ1n) is 15.3. The van der Waals surface area contributed by atoms with E-state index in [4.69, 9.17) is 0 Å². The summed E-state index contributed by atoms with van der Waals surface area (Å²) in [5, 5.41) is 9.27. The number of nitrogens with one attached hydrogen (secondary N) is 1. The smallest absolute Gasteiger partial charge is 0.120 e. The van der Waals surface area contributed by atoms with Gasteiger partial charge in [0.05, 0.1) is 0 Å². The number of benzene rings is 4. The maximum Gasteiger partial charge on any atom is 0.120 e. The molecule has 1 unspecified atom stereocenters. The Morgan fingerprint density at radius 2 is 1.31 bits per heavy atom. The van der Waals surface area contributed by atoms with Crippen molar-refractivity contribution in [3.8, 4) is 0 Å². The average molecular weight is 552 g/mol. The van der Waals surface area contributed by atoms with Crippen LogP contribution in [0.15, 0.2) is 121 Å². The van der Waals surface area contributed by atoms with Gasteiger partial charge in [-0.2, -0.15) is 0 Å². The number of hydrogen-bond donors (Lipinski definition) is 1. The van der Waals surface area contributed by atoms with Crippen molar-refractivity contribution in [2.75, 3.05) is 29.9 Å². The minimum atomic E-state index is -0.251. The molecule has 3 aliphatic heterocycles. The molecule has 212 valence electrons. The van der Waals surface area contributed by atoms with Crippen LogP contribution >= 0.6 is 0 Å². The van der Waals surface area contributed by atoms with Crippen molar-refractivity contribution >= 4 is 32.9 Å². The summed E-state index contributed by atoms with van der Waals surface area (Å²) in [7, 11) is 2.19. The molecule has 0 spiro atoms. The molecule has 0 saturated carbocycles. The molecule has 0 bridgehead atoms. The lowest BCUT2D eigenvalue weighted by Gasteiger charge is -2.49. The normalized spacial score (nSPS) is 23.6. The van der Waals surface area contributed by atoms with Gasteiger partial charge in [0.2, 0.25) is 0 Å². The van der Waals surface area contributed by atoms with Gasteiger partial charge in [0.25, 0.3) is 0 Å². The van der Waals surface area contributed by atoms with Gasteiger partial charge in [-0.05, 0) is 69.9 Å². The lowest BCUT2D eigenvalue weighted by molar-refractivity contribution is 0.239. The molecular weight excluding hydrogens is 510 g/mol. The topological polar surface area (TPSA) is 18.5 Å². The standard InChI is InChI=1S/C39H41N3/c1-37(2)34(41(5)32-23-21-28-16-10-12-18-30(28)35(32)37)20-9-7-6-8-14-25-39-38(3,4)36-31-19-13-11-17-29(31)22-24-33(36)42(39)27-15-26-40-39/h6-14,16-25,40H,15,26-27H2,1-5H3/b8-6+,9-7+,25-14+,34-20+. The van der Waals surface area contributed by atoms with Crippen LogP contribution in [-0.4, -0.2) is 25.8 Å². The number of fused-ring (bicyclic) bond motifs is 8. The summed E-state index contributed by atoms with van der Waals surface area (Å²) in [4.78, 5) is 4.95. The molecule has 0 radical (unpaired) electrons. The fraction of sp³-hybridized carbons (Fsp3) is 0.282. The second-order valence-corrected chi connectivity index (χ2v) is 13.0. The van der Waals surface area contributed by atoms with E-state index < -0.39 is 0 Å². The molecule has 42 heavy (non-hydrogen) atoms. The van der Waals surface area contributed by atoms with E-state index in [1.54, 1.807) is 0 Å². The second-order valence-electron chi connectivity index (χ2n) is 13.0. The van der Waals surface area contributed by atoms with E-state index in [2.05, 4.69) is 165 Å². The Bertz CT molecular complexity index is 1820. The van der Waals surface area contributed by atoms with Crippen molar-refractivity contribution in [3.05, 3.63) is 132 Å². The molecular formula is C39H41N3. The van der Waals surface area contributed by atoms with Gasteiger partial charge in [-0.1, -0.05) is 119 Å². The van der Waals surface area contributed by atoms with Crippen molar-refractivity contribution < 1.29 is 0 Å². The van der Waals surface area contributed by atoms with Crippen LogP contribution in [0.3, 0.4) is 0 Å². The lowest BCUT2D eigenvalue weighted by atomic mass is 9.73. The van der Waals surface area contributed by atoms with Gasteiger partial charge in [0.15, 0.2) is 0 Å². The van der Waals surface area contributed by atoms with E-state index in [1.165, 1.54) is 49.7 Å². The Morgan fingerprint density at radius 3 is 2.05 bits per heavy atom. The van der Waals surface area contributed by atoms with Crippen LogP contribution < -0.4 is 15.1 Å². The third kappa shape index (κ3) is 3.76. The van der Waals surface area contributed by atoms with Crippen molar-refractivity contribution in [1.82, 2.24) is 5.32 Å². The number of nitrogens with zero attached hydrogens (tertiary/aromatic N) is 2. The fourth-order valence-electron chi connectivity index (χ4n) is 8.07. The minimum absolute atomic E-state index is 0.0680. The number of likely N-dealkylation sites (N-methyl/N-ethyl adjacent to an activating group) is 1. The van der Waals surface area contributed by atoms with E-state index in [1.807, 2.05) is 0 Å². The molecule has 3 heterocycles. The van der Waals surface area contributed by atoms with Crippen molar-refractivity contribution in [2.45, 2.75) is 50.6 Å². The van der Waals surface area contributed by atoms with Crippen LogP contribution in [0.2, 0.25) is 0 Å². The zero-order valence-corrected chi connectivity index (χ0v) is 25.5. The zero-order chi connectivity index (χ0) is 29.1. The predicted molar refractivity (Wildman–Crippen MR) is 181 cm³/mol. The highest BCUT2D eigenvalue weighted by atomic mass is 15.4. The van der Waals surface area contributed by atoms with Crippen LogP contribution in [0.25, 0.3) is 21.5 Å². The van der Waals surface area contributed by atoms with E-state index in [9.17, 15) is 0 Å². The van der Waals surface area contributed by atoms with E-state index >= 15 is 0 Å². The molecule has 0 amide bonds. The van der Waals surface area contributed by atoms with Gasteiger partial charge in [-0.25, -0.2) is 0 Å². The summed E-state index contributed by atoms with van der Waals surface area (Å²) in [6.07, 6.45) is 16.7. The maximum absolute atomic E-state index is 3.94. The summed E-state index contributed by atoms with van der Waals surface area (Å²) in [5.41, 5.74) is 6.43. The van der Waals surface area contributed by atoms with E-state index in [0.717, 1.165) is 19.5 Å². The molecule has 0 aliphatic carbocycles. The highest BCUT2D eigenvalue weighted by molar-refractivity contribution is 5.95. The molecule has 4 aromatic rings. The van der Waals surface area contributed by atoms with Crippen LogP contribution in [0.5, 0.6) is 0 Å². The van der Waals surface area contributed by atoms with Gasteiger partial charge in [0, 0.05) is 41.5 Å². The summed E-state index contributed by atoms with van der Waals surface area (Å²) in [5.74, 6) is 0. The van der Waals surface area contributed by atoms with Crippen LogP contribution in [0, 0.1) is 0 Å². The van der Waals surface area contributed by atoms with Gasteiger partial charge in [0.1, 0.15) is 5.66 Å². The Labute approximate surface area is 250 Å². The summed E-state index contributed by atoms with van der Waals surface area (Å²) in [6, 6.07) is 26.7. The van der Waals surface area contributed by atoms with E-state index in [-0.39, 0.29) is 16.5 Å². The van der Waals surface area contributed by atoms with Gasteiger partial charge < -0.3 is 9.80 Å². The Morgan fingerprint density at radius 1 is 0.690 bits per heavy atom. The molecule has 1 fully saturated rings. The largest absolute Gasteiger partial charge is 0.349 e. The molecule has 4 aromatic carbocycles. The minimum Gasteiger partial charge on any atom is -0.349 e. The molecule has 1 saturated heterocycles. The van der Waals surface area contributed by atoms with Crippen LogP contribution in [0.4, 0.5) is 11.4 Å². The Balaban J connectivity index is 1.14. The lowest BCUT2D eigenvalue weighted by Crippen LogP contribution is -2.67. The van der Waals surface area contributed by atoms with Gasteiger partial charge in [-0.15, -0.1) is 0 Å².